The first-order valence-electron chi connectivity index (χ1n) is 11.5. The van der Waals surface area contributed by atoms with E-state index in [1.165, 1.54) is 18.4 Å². The average molecular weight is 465 g/mol. The molecule has 0 spiro atoms. The van der Waals surface area contributed by atoms with Crippen molar-refractivity contribution in [2.24, 2.45) is 0 Å². The van der Waals surface area contributed by atoms with Crippen LogP contribution in [0.3, 0.4) is 0 Å². The molecule has 0 bridgehead atoms. The molecular formula is C26H32N4O4. The van der Waals surface area contributed by atoms with E-state index in [0.29, 0.717) is 41.3 Å². The third kappa shape index (κ3) is 4.87. The fourth-order valence-corrected chi connectivity index (χ4v) is 4.65. The molecule has 1 saturated heterocycles. The van der Waals surface area contributed by atoms with Crippen LogP contribution in [0.25, 0.3) is 10.9 Å². The second-order valence-corrected chi connectivity index (χ2v) is 8.73. The van der Waals surface area contributed by atoms with Crippen LogP contribution in [0, 0.1) is 6.92 Å². The molecule has 2 N–H and O–H groups in total. The number of methoxy groups -OCH3 is 2. The Hall–Kier alpha value is -3.52. The number of aryl methyl sites for hydroxylation is 1. The number of rotatable bonds is 7. The van der Waals surface area contributed by atoms with Gasteiger partial charge in [0.05, 0.1) is 30.8 Å². The first-order chi connectivity index (χ1) is 16.4. The van der Waals surface area contributed by atoms with Crippen LogP contribution in [0.5, 0.6) is 5.75 Å². The Balaban J connectivity index is 1.41. The van der Waals surface area contributed by atoms with Crippen molar-refractivity contribution >= 4 is 34.2 Å². The van der Waals surface area contributed by atoms with Crippen molar-refractivity contribution in [2.75, 3.05) is 50.6 Å². The molecule has 1 fully saturated rings. The minimum atomic E-state index is -0.547. The number of carbonyl (C=O) groups excluding carboxylic acids is 2. The number of H-pyrrole nitrogens is 1. The monoisotopic (exact) mass is 464 g/mol. The number of hydrogen-bond donors (Lipinski definition) is 2. The van der Waals surface area contributed by atoms with Crippen molar-refractivity contribution in [1.29, 1.82) is 0 Å². The van der Waals surface area contributed by atoms with Crippen LogP contribution in [0.15, 0.2) is 42.5 Å². The van der Waals surface area contributed by atoms with Crippen LogP contribution < -0.4 is 15.0 Å². The third-order valence-electron chi connectivity index (χ3n) is 6.36. The Labute approximate surface area is 199 Å². The fourth-order valence-electron chi connectivity index (χ4n) is 4.65. The summed E-state index contributed by atoms with van der Waals surface area (Å²) in [6.07, 6.45) is 0.319. The molecule has 1 atom stereocenters. The topological polar surface area (TPSA) is 86.9 Å². The van der Waals surface area contributed by atoms with E-state index in [9.17, 15) is 9.59 Å². The molecule has 0 unspecified atom stereocenters. The molecule has 8 heteroatoms. The Bertz CT molecular complexity index is 1190. The standard InChI is InChI=1S/C26H32N4O4/c1-17-7-5-8-19(15-17)30-14-13-29(16-18(30)2)12-11-22(31)28-24-23-20(9-6-10-21(23)33-3)27-25(24)26(32)34-4/h5-10,15,18,27H,11-14,16H2,1-4H3,(H,28,31)/t18-/m1/s1. The molecule has 1 aliphatic rings. The molecule has 34 heavy (non-hydrogen) atoms. The van der Waals surface area contributed by atoms with Crippen LogP contribution >= 0.6 is 0 Å². The van der Waals surface area contributed by atoms with E-state index in [0.717, 1.165) is 19.6 Å². The number of hydrogen-bond acceptors (Lipinski definition) is 6. The van der Waals surface area contributed by atoms with Crippen molar-refractivity contribution < 1.29 is 19.1 Å². The number of nitrogens with one attached hydrogen (secondary N) is 2. The van der Waals surface area contributed by atoms with Gasteiger partial charge in [0.2, 0.25) is 5.91 Å². The number of esters is 1. The van der Waals surface area contributed by atoms with Crippen LogP contribution in [0.2, 0.25) is 0 Å². The minimum absolute atomic E-state index is 0.161. The molecule has 2 aromatic carbocycles. The predicted molar refractivity (Wildman–Crippen MR) is 134 cm³/mol. The number of aromatic amines is 1. The third-order valence-corrected chi connectivity index (χ3v) is 6.36. The Morgan fingerprint density at radius 1 is 1.15 bits per heavy atom. The zero-order chi connectivity index (χ0) is 24.2. The first-order valence-corrected chi connectivity index (χ1v) is 11.5. The molecule has 1 aromatic heterocycles. The average Bonchev–Trinajstić information content (AvgIpc) is 3.20. The largest absolute Gasteiger partial charge is 0.496 e. The summed E-state index contributed by atoms with van der Waals surface area (Å²) < 4.78 is 10.4. The lowest BCUT2D eigenvalue weighted by Crippen LogP contribution is -2.52. The molecular weight excluding hydrogens is 432 g/mol. The van der Waals surface area contributed by atoms with Crippen molar-refractivity contribution in [3.63, 3.8) is 0 Å². The van der Waals surface area contributed by atoms with Gasteiger partial charge < -0.3 is 24.7 Å². The van der Waals surface area contributed by atoms with Crippen LogP contribution in [-0.2, 0) is 9.53 Å². The van der Waals surface area contributed by atoms with Crippen molar-refractivity contribution in [1.82, 2.24) is 9.88 Å². The highest BCUT2D eigenvalue weighted by Gasteiger charge is 2.26. The SMILES string of the molecule is COC(=O)c1[nH]c2cccc(OC)c2c1NC(=O)CCN1CCN(c2cccc(C)c2)[C@H](C)C1. The normalized spacial score (nSPS) is 16.5. The Morgan fingerprint density at radius 3 is 2.65 bits per heavy atom. The number of piperazine rings is 1. The molecule has 4 rings (SSSR count). The highest BCUT2D eigenvalue weighted by molar-refractivity contribution is 6.12. The maximum atomic E-state index is 12.9. The summed E-state index contributed by atoms with van der Waals surface area (Å²) in [7, 11) is 2.87. The fraction of sp³-hybridized carbons (Fsp3) is 0.385. The zero-order valence-electron chi connectivity index (χ0n) is 20.2. The molecule has 1 aliphatic heterocycles. The minimum Gasteiger partial charge on any atom is -0.496 e. The van der Waals surface area contributed by atoms with Gasteiger partial charge in [-0.05, 0) is 43.7 Å². The second kappa shape index (κ2) is 10.2. The lowest BCUT2D eigenvalue weighted by molar-refractivity contribution is -0.116. The summed E-state index contributed by atoms with van der Waals surface area (Å²) in [6, 6.07) is 14.4. The number of carbonyl (C=O) groups is 2. The summed E-state index contributed by atoms with van der Waals surface area (Å²) in [5, 5.41) is 3.58. The molecule has 8 nitrogen and oxygen atoms in total. The summed E-state index contributed by atoms with van der Waals surface area (Å²) >= 11 is 0. The second-order valence-electron chi connectivity index (χ2n) is 8.73. The number of aromatic nitrogens is 1. The Kier molecular flexibility index (Phi) is 7.07. The molecule has 180 valence electrons. The highest BCUT2D eigenvalue weighted by atomic mass is 16.5. The van der Waals surface area contributed by atoms with E-state index in [2.05, 4.69) is 58.2 Å². The number of ether oxygens (including phenoxy) is 2. The number of fused-ring (bicyclic) bond motifs is 1. The van der Waals surface area contributed by atoms with E-state index in [1.807, 2.05) is 12.1 Å². The van der Waals surface area contributed by atoms with E-state index < -0.39 is 5.97 Å². The summed E-state index contributed by atoms with van der Waals surface area (Å²) in [6.45, 7) is 7.66. The smallest absolute Gasteiger partial charge is 0.356 e. The van der Waals surface area contributed by atoms with Gasteiger partial charge in [0.15, 0.2) is 0 Å². The summed E-state index contributed by atoms with van der Waals surface area (Å²) in [4.78, 5) is 33.0. The van der Waals surface area contributed by atoms with Crippen molar-refractivity contribution in [3.05, 3.63) is 53.7 Å². The lowest BCUT2D eigenvalue weighted by Gasteiger charge is -2.41. The van der Waals surface area contributed by atoms with Crippen LogP contribution in [-0.4, -0.2) is 68.2 Å². The molecule has 0 saturated carbocycles. The van der Waals surface area contributed by atoms with Crippen LogP contribution in [0.4, 0.5) is 11.4 Å². The maximum absolute atomic E-state index is 12.9. The number of benzene rings is 2. The molecule has 1 amide bonds. The first kappa shape index (κ1) is 23.6. The number of amides is 1. The van der Waals surface area contributed by atoms with Gasteiger partial charge in [-0.1, -0.05) is 18.2 Å². The lowest BCUT2D eigenvalue weighted by atomic mass is 10.1. The van der Waals surface area contributed by atoms with E-state index in [4.69, 9.17) is 9.47 Å². The van der Waals surface area contributed by atoms with Gasteiger partial charge in [0.25, 0.3) is 0 Å². The van der Waals surface area contributed by atoms with E-state index in [-0.39, 0.29) is 11.6 Å². The summed E-state index contributed by atoms with van der Waals surface area (Å²) in [5.74, 6) is -0.138. The molecule has 0 aliphatic carbocycles. The van der Waals surface area contributed by atoms with Gasteiger partial charge in [-0.2, -0.15) is 0 Å². The van der Waals surface area contributed by atoms with E-state index in [1.54, 1.807) is 13.2 Å². The number of anilines is 2. The molecule has 0 radical (unpaired) electrons. The van der Waals surface area contributed by atoms with Gasteiger partial charge in [0.1, 0.15) is 11.4 Å². The highest BCUT2D eigenvalue weighted by Crippen LogP contribution is 2.35. The summed E-state index contributed by atoms with van der Waals surface area (Å²) in [5.41, 5.74) is 3.78. The zero-order valence-corrected chi connectivity index (χ0v) is 20.2. The quantitative estimate of drug-likeness (QED) is 0.517. The molecule has 2 heterocycles. The van der Waals surface area contributed by atoms with Gasteiger partial charge in [-0.3, -0.25) is 9.69 Å². The van der Waals surface area contributed by atoms with Gasteiger partial charge >= 0.3 is 5.97 Å². The van der Waals surface area contributed by atoms with Crippen molar-refractivity contribution in [2.45, 2.75) is 26.3 Å². The van der Waals surface area contributed by atoms with E-state index >= 15 is 0 Å². The molecule has 3 aromatic rings. The van der Waals surface area contributed by atoms with Crippen molar-refractivity contribution in [3.8, 4) is 5.75 Å². The van der Waals surface area contributed by atoms with Crippen LogP contribution in [0.1, 0.15) is 29.4 Å². The van der Waals surface area contributed by atoms with Gasteiger partial charge in [0, 0.05) is 44.3 Å². The van der Waals surface area contributed by atoms with Gasteiger partial charge in [-0.25, -0.2) is 4.79 Å². The Morgan fingerprint density at radius 2 is 1.94 bits per heavy atom. The van der Waals surface area contributed by atoms with Gasteiger partial charge in [-0.15, -0.1) is 0 Å². The number of nitrogens with zero attached hydrogens (tertiary/aromatic N) is 2. The maximum Gasteiger partial charge on any atom is 0.356 e. The predicted octanol–water partition coefficient (Wildman–Crippen LogP) is 3.81.